The normalized spacial score (nSPS) is 11.1. The number of rotatable bonds is 1. The Morgan fingerprint density at radius 2 is 2.19 bits per heavy atom. The molecule has 0 bridgehead atoms. The van der Waals surface area contributed by atoms with Gasteiger partial charge >= 0.3 is 6.09 Å². The van der Waals surface area contributed by atoms with Crippen molar-refractivity contribution >= 4 is 40.5 Å². The number of hydrogen-bond acceptors (Lipinski definition) is 4. The average molecular weight is 305 g/mol. The van der Waals surface area contributed by atoms with Gasteiger partial charge in [0.05, 0.1) is 10.2 Å². The molecule has 0 aliphatic heterocycles. The Kier molecular flexibility index (Phi) is 4.21. The Bertz CT molecular complexity index is 393. The molecular formula is C10H13BrN2O2S. The van der Waals surface area contributed by atoms with Gasteiger partial charge in [-0.3, -0.25) is 4.98 Å². The van der Waals surface area contributed by atoms with Gasteiger partial charge in [0, 0.05) is 12.4 Å². The Morgan fingerprint density at radius 1 is 1.56 bits per heavy atom. The number of ether oxygens (including phenoxy) is 1. The van der Waals surface area contributed by atoms with Crippen molar-refractivity contribution in [1.29, 1.82) is 0 Å². The van der Waals surface area contributed by atoms with Crippen LogP contribution in [-0.4, -0.2) is 16.7 Å². The fourth-order valence-electron chi connectivity index (χ4n) is 0.943. The SMILES string of the molecule is CC(C)(C)OC(=O)N(S)c1ccncc1Br. The zero-order valence-corrected chi connectivity index (χ0v) is 11.7. The number of aromatic nitrogens is 1. The van der Waals surface area contributed by atoms with Crippen LogP contribution in [0, 0.1) is 0 Å². The Labute approximate surface area is 109 Å². The van der Waals surface area contributed by atoms with E-state index in [1.54, 1.807) is 39.2 Å². The minimum atomic E-state index is -0.544. The van der Waals surface area contributed by atoms with Crippen molar-refractivity contribution in [3.05, 3.63) is 22.9 Å². The maximum atomic E-state index is 11.7. The lowest BCUT2D eigenvalue weighted by Crippen LogP contribution is -2.31. The lowest BCUT2D eigenvalue weighted by atomic mass is 10.2. The number of thiol groups is 1. The summed E-state index contributed by atoms with van der Waals surface area (Å²) in [6.07, 6.45) is 2.64. The molecule has 1 aromatic heterocycles. The van der Waals surface area contributed by atoms with Crippen molar-refractivity contribution in [2.24, 2.45) is 0 Å². The molecule has 1 amide bonds. The summed E-state index contributed by atoms with van der Waals surface area (Å²) in [5, 5.41) is 0. The lowest BCUT2D eigenvalue weighted by molar-refractivity contribution is 0.0612. The second-order valence-corrected chi connectivity index (χ2v) is 5.37. The van der Waals surface area contributed by atoms with Gasteiger partial charge in [-0.1, -0.05) is 12.8 Å². The minimum Gasteiger partial charge on any atom is -0.443 e. The molecule has 0 fully saturated rings. The number of pyridine rings is 1. The van der Waals surface area contributed by atoms with Crippen LogP contribution in [0.1, 0.15) is 20.8 Å². The summed E-state index contributed by atoms with van der Waals surface area (Å²) in [5.74, 6) is 0. The molecule has 0 N–H and O–H groups in total. The molecule has 0 atom stereocenters. The van der Waals surface area contributed by atoms with E-state index >= 15 is 0 Å². The largest absolute Gasteiger partial charge is 0.443 e. The highest BCUT2D eigenvalue weighted by Crippen LogP contribution is 2.27. The van der Waals surface area contributed by atoms with Gasteiger partial charge in [0.2, 0.25) is 0 Å². The van der Waals surface area contributed by atoms with E-state index in [1.165, 1.54) is 0 Å². The van der Waals surface area contributed by atoms with E-state index in [-0.39, 0.29) is 0 Å². The lowest BCUT2D eigenvalue weighted by Gasteiger charge is -2.24. The van der Waals surface area contributed by atoms with Crippen LogP contribution in [0.15, 0.2) is 22.9 Å². The molecule has 6 heteroatoms. The number of carbonyl (C=O) groups excluding carboxylic acids is 1. The van der Waals surface area contributed by atoms with E-state index in [9.17, 15) is 4.79 Å². The third kappa shape index (κ3) is 3.68. The summed E-state index contributed by atoms with van der Waals surface area (Å²) >= 11 is 7.38. The molecule has 1 rings (SSSR count). The van der Waals surface area contributed by atoms with E-state index in [2.05, 4.69) is 33.7 Å². The molecule has 0 aliphatic carbocycles. The topological polar surface area (TPSA) is 42.4 Å². The first-order chi connectivity index (χ1) is 7.31. The molecule has 1 heterocycles. The van der Waals surface area contributed by atoms with Crippen LogP contribution < -0.4 is 4.31 Å². The smallest absolute Gasteiger partial charge is 0.424 e. The highest BCUT2D eigenvalue weighted by molar-refractivity contribution is 9.10. The van der Waals surface area contributed by atoms with Gasteiger partial charge in [-0.15, -0.1) is 0 Å². The van der Waals surface area contributed by atoms with Crippen LogP contribution in [0.4, 0.5) is 10.5 Å². The third-order valence-corrected chi connectivity index (χ3v) is 2.54. The van der Waals surface area contributed by atoms with E-state index in [1.807, 2.05) is 0 Å². The zero-order valence-electron chi connectivity index (χ0n) is 9.27. The van der Waals surface area contributed by atoms with Crippen LogP contribution in [-0.2, 0) is 4.74 Å². The number of anilines is 1. The van der Waals surface area contributed by atoms with Crippen molar-refractivity contribution in [2.75, 3.05) is 4.31 Å². The molecule has 0 aromatic carbocycles. The Balaban J connectivity index is 2.83. The number of halogens is 1. The van der Waals surface area contributed by atoms with Gasteiger partial charge < -0.3 is 4.74 Å². The van der Waals surface area contributed by atoms with Crippen LogP contribution >= 0.6 is 28.7 Å². The molecule has 4 nitrogen and oxygen atoms in total. The summed E-state index contributed by atoms with van der Waals surface area (Å²) in [5.41, 5.74) is 0.0463. The molecule has 0 aliphatic rings. The minimum absolute atomic E-state index is 0.525. The molecule has 1 aromatic rings. The monoisotopic (exact) mass is 304 g/mol. The molecular weight excluding hydrogens is 292 g/mol. The van der Waals surface area contributed by atoms with Crippen molar-refractivity contribution in [2.45, 2.75) is 26.4 Å². The van der Waals surface area contributed by atoms with E-state index < -0.39 is 11.7 Å². The number of carbonyl (C=O) groups is 1. The average Bonchev–Trinajstić information content (AvgIpc) is 2.15. The van der Waals surface area contributed by atoms with E-state index in [0.717, 1.165) is 4.31 Å². The molecule has 88 valence electrons. The quantitative estimate of drug-likeness (QED) is 0.808. The first kappa shape index (κ1) is 13.3. The fourth-order valence-corrected chi connectivity index (χ4v) is 1.72. The maximum Gasteiger partial charge on any atom is 0.424 e. The van der Waals surface area contributed by atoms with Crippen LogP contribution in [0.5, 0.6) is 0 Å². The molecule has 0 saturated heterocycles. The van der Waals surface area contributed by atoms with Gasteiger partial charge in [-0.25, -0.2) is 9.10 Å². The van der Waals surface area contributed by atoms with Crippen molar-refractivity contribution < 1.29 is 9.53 Å². The summed E-state index contributed by atoms with van der Waals surface area (Å²) < 4.78 is 6.99. The molecule has 0 saturated carbocycles. The highest BCUT2D eigenvalue weighted by atomic mass is 79.9. The first-order valence-corrected chi connectivity index (χ1v) is 5.82. The fraction of sp³-hybridized carbons (Fsp3) is 0.400. The van der Waals surface area contributed by atoms with Gasteiger partial charge in [-0.2, -0.15) is 0 Å². The van der Waals surface area contributed by atoms with Crippen LogP contribution in [0.25, 0.3) is 0 Å². The van der Waals surface area contributed by atoms with Gasteiger partial charge in [-0.05, 0) is 42.8 Å². The van der Waals surface area contributed by atoms with Gasteiger partial charge in [0.15, 0.2) is 0 Å². The zero-order chi connectivity index (χ0) is 12.3. The van der Waals surface area contributed by atoms with E-state index in [0.29, 0.717) is 10.2 Å². The standard InChI is InChI=1S/C10H13BrN2O2S/c1-10(2,3)15-9(14)13(16)8-4-5-12-6-7(8)11/h4-6,16H,1-3H3. The molecule has 0 radical (unpaired) electrons. The van der Waals surface area contributed by atoms with Crippen LogP contribution in [0.3, 0.4) is 0 Å². The number of nitrogens with zero attached hydrogens (tertiary/aromatic N) is 2. The summed E-state index contributed by atoms with van der Waals surface area (Å²) in [7, 11) is 0. The Morgan fingerprint density at radius 3 is 2.69 bits per heavy atom. The van der Waals surface area contributed by atoms with Crippen LogP contribution in [0.2, 0.25) is 0 Å². The van der Waals surface area contributed by atoms with Crippen molar-refractivity contribution in [3.63, 3.8) is 0 Å². The number of amides is 1. The maximum absolute atomic E-state index is 11.7. The molecule has 16 heavy (non-hydrogen) atoms. The summed E-state index contributed by atoms with van der Waals surface area (Å²) in [6, 6.07) is 1.67. The predicted molar refractivity (Wildman–Crippen MR) is 69.6 cm³/mol. The van der Waals surface area contributed by atoms with E-state index in [4.69, 9.17) is 4.74 Å². The summed E-state index contributed by atoms with van der Waals surface area (Å²) in [6.45, 7) is 5.40. The second kappa shape index (κ2) is 5.05. The molecule has 0 unspecified atom stereocenters. The predicted octanol–water partition coefficient (Wildman–Crippen LogP) is 3.43. The van der Waals surface area contributed by atoms with Gasteiger partial charge in [0.1, 0.15) is 5.60 Å². The first-order valence-electron chi connectivity index (χ1n) is 4.63. The highest BCUT2D eigenvalue weighted by Gasteiger charge is 2.22. The van der Waals surface area contributed by atoms with Crippen molar-refractivity contribution in [1.82, 2.24) is 4.98 Å². The third-order valence-electron chi connectivity index (χ3n) is 1.55. The molecule has 0 spiro atoms. The Hall–Kier alpha value is -0.750. The van der Waals surface area contributed by atoms with Gasteiger partial charge in [0.25, 0.3) is 0 Å². The second-order valence-electron chi connectivity index (χ2n) is 4.12. The number of hydrogen-bond donors (Lipinski definition) is 1. The summed E-state index contributed by atoms with van der Waals surface area (Å²) in [4.78, 5) is 15.6. The van der Waals surface area contributed by atoms with Crippen molar-refractivity contribution in [3.8, 4) is 0 Å².